The Hall–Kier alpha value is -0.653. The first kappa shape index (κ1) is 14.7. The van der Waals surface area contributed by atoms with Crippen LogP contribution in [0.2, 0.25) is 25.7 Å². The van der Waals surface area contributed by atoms with E-state index in [-0.39, 0.29) is 0 Å². The third-order valence-electron chi connectivity index (χ3n) is 3.12. The molecule has 1 aromatic heterocycles. The van der Waals surface area contributed by atoms with Crippen LogP contribution < -0.4 is 0 Å². The number of nitrogens with zero attached hydrogens (tertiary/aromatic N) is 2. The van der Waals surface area contributed by atoms with Crippen molar-refractivity contribution in [2.45, 2.75) is 39.3 Å². The minimum atomic E-state index is -1.01. The molecule has 0 N–H and O–H groups in total. The topological polar surface area (TPSA) is 27.1 Å². The Balaban J connectivity index is 2.08. The maximum absolute atomic E-state index is 5.83. The van der Waals surface area contributed by atoms with Gasteiger partial charge in [0.1, 0.15) is 12.6 Å². The van der Waals surface area contributed by atoms with Crippen LogP contribution in [0, 0.1) is 6.92 Å². The highest BCUT2D eigenvalue weighted by Crippen LogP contribution is 2.21. The van der Waals surface area contributed by atoms with E-state index in [2.05, 4.69) is 51.2 Å². The Morgan fingerprint density at radius 3 is 2.74 bits per heavy atom. The monoisotopic (exact) mass is 340 g/mol. The first-order valence-electron chi connectivity index (χ1n) is 6.57. The molecule has 1 aromatic carbocycles. The molecule has 0 aliphatic heterocycles. The van der Waals surface area contributed by atoms with Crippen molar-refractivity contribution in [2.24, 2.45) is 0 Å². The molecular weight excluding hydrogens is 320 g/mol. The second-order valence-corrected chi connectivity index (χ2v) is 12.6. The van der Waals surface area contributed by atoms with Crippen molar-refractivity contribution in [1.82, 2.24) is 9.55 Å². The van der Waals surface area contributed by atoms with Crippen molar-refractivity contribution in [2.75, 3.05) is 6.61 Å². The zero-order valence-corrected chi connectivity index (χ0v) is 14.6. The predicted molar refractivity (Wildman–Crippen MR) is 86.3 cm³/mol. The third kappa shape index (κ3) is 3.90. The molecule has 5 heteroatoms. The summed E-state index contributed by atoms with van der Waals surface area (Å²) in [5.74, 6) is 1.00. The zero-order chi connectivity index (χ0) is 14.0. The highest BCUT2D eigenvalue weighted by molar-refractivity contribution is 9.10. The highest BCUT2D eigenvalue weighted by Gasteiger charge is 2.13. The smallest absolute Gasteiger partial charge is 0.124 e. The van der Waals surface area contributed by atoms with E-state index in [1.54, 1.807) is 0 Å². The molecule has 0 unspecified atom stereocenters. The predicted octanol–water partition coefficient (Wildman–Crippen LogP) is 4.42. The molecular formula is C14H21BrN2OSi. The fourth-order valence-electron chi connectivity index (χ4n) is 1.91. The van der Waals surface area contributed by atoms with Crippen LogP contribution in [0.15, 0.2) is 22.7 Å². The number of ether oxygens (including phenoxy) is 1. The lowest BCUT2D eigenvalue weighted by molar-refractivity contribution is 0.0885. The van der Waals surface area contributed by atoms with Gasteiger partial charge in [0, 0.05) is 19.2 Å². The number of halogens is 1. The number of imidazole rings is 1. The van der Waals surface area contributed by atoms with Gasteiger partial charge in [-0.3, -0.25) is 0 Å². The molecule has 1 heterocycles. The summed E-state index contributed by atoms with van der Waals surface area (Å²) in [6.07, 6.45) is 0. The molecule has 104 valence electrons. The Morgan fingerprint density at radius 2 is 2.05 bits per heavy atom. The highest BCUT2D eigenvalue weighted by atomic mass is 79.9. The summed E-state index contributed by atoms with van der Waals surface area (Å²) in [5.41, 5.74) is 2.15. The van der Waals surface area contributed by atoms with E-state index in [1.807, 2.05) is 19.1 Å². The first-order chi connectivity index (χ1) is 8.87. The van der Waals surface area contributed by atoms with Gasteiger partial charge in [0.05, 0.1) is 11.0 Å². The maximum Gasteiger partial charge on any atom is 0.124 e. The fourth-order valence-corrected chi connectivity index (χ4v) is 3.02. The van der Waals surface area contributed by atoms with E-state index in [9.17, 15) is 0 Å². The zero-order valence-electron chi connectivity index (χ0n) is 12.0. The molecule has 0 saturated heterocycles. The number of aromatic nitrogens is 2. The molecule has 0 saturated carbocycles. The van der Waals surface area contributed by atoms with Crippen LogP contribution in [0.4, 0.5) is 0 Å². The van der Waals surface area contributed by atoms with E-state index in [1.165, 1.54) is 6.04 Å². The van der Waals surface area contributed by atoms with E-state index in [0.717, 1.165) is 27.9 Å². The molecule has 0 spiro atoms. The Kier molecular flexibility index (Phi) is 4.48. The molecule has 0 atom stereocenters. The molecule has 0 bridgehead atoms. The normalized spacial score (nSPS) is 12.3. The van der Waals surface area contributed by atoms with Gasteiger partial charge in [-0.2, -0.15) is 0 Å². The van der Waals surface area contributed by atoms with Crippen molar-refractivity contribution in [3.8, 4) is 0 Å². The third-order valence-corrected chi connectivity index (χ3v) is 5.32. The number of fused-ring (bicyclic) bond motifs is 1. The number of aryl methyl sites for hydroxylation is 1. The van der Waals surface area contributed by atoms with Crippen molar-refractivity contribution in [3.63, 3.8) is 0 Å². The van der Waals surface area contributed by atoms with Gasteiger partial charge in [0.15, 0.2) is 0 Å². The van der Waals surface area contributed by atoms with E-state index in [4.69, 9.17) is 4.74 Å². The maximum atomic E-state index is 5.83. The fraction of sp³-hybridized carbons (Fsp3) is 0.500. The van der Waals surface area contributed by atoms with Gasteiger partial charge < -0.3 is 9.30 Å². The van der Waals surface area contributed by atoms with Gasteiger partial charge in [0.2, 0.25) is 0 Å². The molecule has 0 fully saturated rings. The standard InChI is InChI=1S/C14H21BrN2OSi/c1-11-16-13-6-5-12(15)9-14(13)17(11)10-18-7-8-19(2,3)4/h5-6,9H,7-8,10H2,1-4H3. The molecule has 0 amide bonds. The molecule has 19 heavy (non-hydrogen) atoms. The van der Waals surface area contributed by atoms with Crippen molar-refractivity contribution >= 4 is 35.0 Å². The van der Waals surface area contributed by atoms with Crippen molar-refractivity contribution in [1.29, 1.82) is 0 Å². The number of hydrogen-bond acceptors (Lipinski definition) is 2. The Bertz CT molecular complexity index is 575. The second kappa shape index (κ2) is 5.77. The lowest BCUT2D eigenvalue weighted by Gasteiger charge is -2.16. The van der Waals surface area contributed by atoms with Crippen LogP contribution in [-0.2, 0) is 11.5 Å². The number of benzene rings is 1. The van der Waals surface area contributed by atoms with Crippen LogP contribution in [0.25, 0.3) is 11.0 Å². The lowest BCUT2D eigenvalue weighted by atomic mass is 10.3. The van der Waals surface area contributed by atoms with Crippen LogP contribution >= 0.6 is 15.9 Å². The number of hydrogen-bond donors (Lipinski definition) is 0. The molecule has 0 radical (unpaired) electrons. The Morgan fingerprint density at radius 1 is 1.32 bits per heavy atom. The molecule has 2 rings (SSSR count). The second-order valence-electron chi connectivity index (χ2n) is 6.07. The SMILES string of the molecule is Cc1nc2ccc(Br)cc2n1COCC[Si](C)(C)C. The van der Waals surface area contributed by atoms with Crippen LogP contribution in [0.3, 0.4) is 0 Å². The van der Waals surface area contributed by atoms with Crippen LogP contribution in [0.1, 0.15) is 5.82 Å². The van der Waals surface area contributed by atoms with Crippen LogP contribution in [-0.4, -0.2) is 24.2 Å². The van der Waals surface area contributed by atoms with Gasteiger partial charge in [-0.15, -0.1) is 0 Å². The summed E-state index contributed by atoms with van der Waals surface area (Å²) < 4.78 is 9.03. The molecule has 0 aliphatic carbocycles. The average molecular weight is 341 g/mol. The van der Waals surface area contributed by atoms with E-state index in [0.29, 0.717) is 6.73 Å². The van der Waals surface area contributed by atoms with Gasteiger partial charge in [0.25, 0.3) is 0 Å². The summed E-state index contributed by atoms with van der Waals surface area (Å²) in [6, 6.07) is 7.34. The molecule has 3 nitrogen and oxygen atoms in total. The van der Waals surface area contributed by atoms with Crippen molar-refractivity contribution < 1.29 is 4.74 Å². The minimum Gasteiger partial charge on any atom is -0.361 e. The average Bonchev–Trinajstić information content (AvgIpc) is 2.59. The summed E-state index contributed by atoms with van der Waals surface area (Å²) >= 11 is 3.51. The largest absolute Gasteiger partial charge is 0.361 e. The summed E-state index contributed by atoms with van der Waals surface area (Å²) in [7, 11) is -1.01. The van der Waals surface area contributed by atoms with Crippen molar-refractivity contribution in [3.05, 3.63) is 28.5 Å². The van der Waals surface area contributed by atoms with Crippen LogP contribution in [0.5, 0.6) is 0 Å². The van der Waals surface area contributed by atoms with Gasteiger partial charge in [-0.25, -0.2) is 4.98 Å². The number of rotatable bonds is 5. The van der Waals surface area contributed by atoms with E-state index >= 15 is 0 Å². The molecule has 0 aliphatic rings. The van der Waals surface area contributed by atoms with E-state index < -0.39 is 8.07 Å². The van der Waals surface area contributed by atoms with Gasteiger partial charge in [-0.05, 0) is 31.2 Å². The summed E-state index contributed by atoms with van der Waals surface area (Å²) in [6.45, 7) is 10.5. The lowest BCUT2D eigenvalue weighted by Crippen LogP contribution is -2.22. The minimum absolute atomic E-state index is 0.587. The first-order valence-corrected chi connectivity index (χ1v) is 11.1. The summed E-state index contributed by atoms with van der Waals surface area (Å²) in [5, 5.41) is 0. The Labute approximate surface area is 124 Å². The summed E-state index contributed by atoms with van der Waals surface area (Å²) in [4.78, 5) is 4.55. The van der Waals surface area contributed by atoms with Gasteiger partial charge >= 0.3 is 0 Å². The molecule has 2 aromatic rings. The quantitative estimate of drug-likeness (QED) is 0.595. The van der Waals surface area contributed by atoms with Gasteiger partial charge in [-0.1, -0.05) is 35.6 Å².